The molecule has 0 saturated carbocycles. The van der Waals surface area contributed by atoms with E-state index >= 15 is 0 Å². The van der Waals surface area contributed by atoms with E-state index in [4.69, 9.17) is 25.4 Å². The second kappa shape index (κ2) is 12.5. The molecule has 32 heavy (non-hydrogen) atoms. The van der Waals surface area contributed by atoms with E-state index in [1.165, 1.54) is 13.1 Å². The van der Waals surface area contributed by atoms with Crippen LogP contribution in [0.3, 0.4) is 0 Å². The Labute approximate surface area is 186 Å². The van der Waals surface area contributed by atoms with Crippen molar-refractivity contribution in [1.29, 1.82) is 0 Å². The number of aromatic amines is 1. The number of esters is 2. The van der Waals surface area contributed by atoms with Crippen LogP contribution in [-0.2, 0) is 28.5 Å². The highest BCUT2D eigenvalue weighted by Gasteiger charge is 2.31. The van der Waals surface area contributed by atoms with E-state index in [0.29, 0.717) is 0 Å². The summed E-state index contributed by atoms with van der Waals surface area (Å²) in [6.07, 6.45) is 3.34. The molecule has 1 N–H and O–H groups in total. The maximum Gasteiger partial charge on any atom is 0.330 e. The van der Waals surface area contributed by atoms with Crippen LogP contribution in [0.15, 0.2) is 21.9 Å². The van der Waals surface area contributed by atoms with Crippen molar-refractivity contribution < 1.29 is 28.5 Å². The first kappa shape index (κ1) is 26.7. The molecule has 0 aliphatic rings. The van der Waals surface area contributed by atoms with Crippen molar-refractivity contribution in [2.24, 2.45) is 5.41 Å². The molecule has 0 radical (unpaired) electrons. The number of nitrogens with zero attached hydrogens (tertiary/aromatic N) is 1. The number of carbonyl (C=O) groups excluding carboxylic acids is 2. The average molecular weight is 448 g/mol. The number of H-pyrrole nitrogens is 1. The van der Waals surface area contributed by atoms with Gasteiger partial charge in [-0.15, -0.1) is 12.3 Å². The summed E-state index contributed by atoms with van der Waals surface area (Å²) in [5, 5.41) is 0. The number of rotatable bonds is 10. The minimum Gasteiger partial charge on any atom is -0.462 e. The molecule has 0 saturated heterocycles. The Hall–Kier alpha value is -3.34. The van der Waals surface area contributed by atoms with Gasteiger partial charge >= 0.3 is 17.6 Å². The number of hydrogen-bond acceptors (Lipinski definition) is 8. The van der Waals surface area contributed by atoms with E-state index < -0.39 is 47.0 Å². The summed E-state index contributed by atoms with van der Waals surface area (Å²) in [5.74, 6) is 6.70. The first-order valence-electron chi connectivity index (χ1n) is 9.74. The Kier molecular flexibility index (Phi) is 10.4. The van der Waals surface area contributed by atoms with Crippen molar-refractivity contribution in [3.05, 3.63) is 33.1 Å². The molecule has 0 aliphatic heterocycles. The summed E-state index contributed by atoms with van der Waals surface area (Å²) in [6.45, 7) is 7.08. The van der Waals surface area contributed by atoms with Gasteiger partial charge in [0.25, 0.3) is 5.56 Å². The van der Waals surface area contributed by atoms with E-state index in [1.807, 2.05) is 0 Å². The van der Waals surface area contributed by atoms with Crippen LogP contribution in [0.1, 0.15) is 40.8 Å². The van der Waals surface area contributed by atoms with E-state index in [0.717, 1.165) is 10.6 Å². The lowest BCUT2D eigenvalue weighted by molar-refractivity contribution is -0.175. The second-order valence-electron chi connectivity index (χ2n) is 7.63. The monoisotopic (exact) mass is 448 g/mol. The molecule has 10 heteroatoms. The number of aromatic nitrogens is 2. The van der Waals surface area contributed by atoms with Crippen LogP contribution in [0.4, 0.5) is 0 Å². The van der Waals surface area contributed by atoms with Crippen molar-refractivity contribution in [3.8, 4) is 24.2 Å². The minimum atomic E-state index is -1.18. The Bertz CT molecular complexity index is 1000. The molecule has 0 aliphatic carbocycles. The maximum absolute atomic E-state index is 12.3. The van der Waals surface area contributed by atoms with Gasteiger partial charge in [0.15, 0.2) is 6.23 Å². The van der Waals surface area contributed by atoms with E-state index in [2.05, 4.69) is 22.7 Å². The number of nitrogens with one attached hydrogen (secondary N) is 1. The molecule has 3 atom stereocenters. The highest BCUT2D eigenvalue weighted by Crippen LogP contribution is 2.19. The average Bonchev–Trinajstić information content (AvgIpc) is 2.70. The number of hydrogen-bond donors (Lipinski definition) is 1. The van der Waals surface area contributed by atoms with Crippen LogP contribution in [-0.4, -0.2) is 53.5 Å². The van der Waals surface area contributed by atoms with Gasteiger partial charge in [0, 0.05) is 19.2 Å². The zero-order chi connectivity index (χ0) is 24.3. The van der Waals surface area contributed by atoms with Crippen molar-refractivity contribution in [1.82, 2.24) is 9.55 Å². The number of terminal acetylenes is 1. The predicted octanol–water partition coefficient (Wildman–Crippen LogP) is 0.615. The topological polar surface area (TPSA) is 126 Å². The van der Waals surface area contributed by atoms with Crippen molar-refractivity contribution in [3.63, 3.8) is 0 Å². The molecule has 0 spiro atoms. The fraction of sp³-hybridized carbons (Fsp3) is 0.545. The third kappa shape index (κ3) is 8.80. The summed E-state index contributed by atoms with van der Waals surface area (Å²) in [6, 6.07) is 1.11. The van der Waals surface area contributed by atoms with Crippen LogP contribution in [0.2, 0.25) is 0 Å². The van der Waals surface area contributed by atoms with Crippen LogP contribution in [0, 0.1) is 29.6 Å². The standard InChI is InChI=1S/C22H28N2O8/c1-7-9-16(29-12-8-2)17(13-31-20(27)22(4,5)6)32-19(14-30-15(3)25)24-11-10-18(26)23-21(24)28/h2,10-11,16-17,19H,12-14H2,1,3-6H3,(H,23,26,28)/t16-,17-,19-/m1/s1. The van der Waals surface area contributed by atoms with Crippen LogP contribution < -0.4 is 11.2 Å². The molecule has 0 unspecified atom stereocenters. The largest absolute Gasteiger partial charge is 0.462 e. The van der Waals surface area contributed by atoms with Gasteiger partial charge in [-0.25, -0.2) is 4.79 Å². The Morgan fingerprint density at radius 3 is 2.44 bits per heavy atom. The fourth-order valence-electron chi connectivity index (χ4n) is 2.32. The van der Waals surface area contributed by atoms with Gasteiger partial charge in [0.1, 0.15) is 32.0 Å². The predicted molar refractivity (Wildman–Crippen MR) is 114 cm³/mol. The van der Waals surface area contributed by atoms with Crippen molar-refractivity contribution in [2.45, 2.75) is 53.1 Å². The molecule has 1 heterocycles. The SMILES string of the molecule is C#CCO[C@H](C#CC)[C@@H](COC(=O)C(C)(C)C)O[C@H](COC(C)=O)n1ccc(=O)[nH]c1=O. The molecular weight excluding hydrogens is 420 g/mol. The molecule has 1 rings (SSSR count). The van der Waals surface area contributed by atoms with Gasteiger partial charge in [-0.05, 0) is 27.7 Å². The molecule has 0 aromatic carbocycles. The first-order chi connectivity index (χ1) is 15.0. The zero-order valence-electron chi connectivity index (χ0n) is 18.8. The summed E-state index contributed by atoms with van der Waals surface area (Å²) in [7, 11) is 0. The van der Waals surface area contributed by atoms with Crippen molar-refractivity contribution >= 4 is 11.9 Å². The van der Waals surface area contributed by atoms with Gasteiger partial charge in [0.05, 0.1) is 5.41 Å². The Balaban J connectivity index is 3.30. The van der Waals surface area contributed by atoms with Gasteiger partial charge < -0.3 is 18.9 Å². The lowest BCUT2D eigenvalue weighted by Gasteiger charge is -2.29. The Morgan fingerprint density at radius 2 is 1.91 bits per heavy atom. The molecule has 0 bridgehead atoms. The van der Waals surface area contributed by atoms with E-state index in [-0.39, 0.29) is 19.8 Å². The second-order valence-corrected chi connectivity index (χ2v) is 7.63. The molecule has 1 aromatic heterocycles. The number of ether oxygens (including phenoxy) is 4. The summed E-state index contributed by atoms with van der Waals surface area (Å²) >= 11 is 0. The minimum absolute atomic E-state index is 0.0976. The fourth-order valence-corrected chi connectivity index (χ4v) is 2.32. The lowest BCUT2D eigenvalue weighted by Crippen LogP contribution is -2.42. The van der Waals surface area contributed by atoms with Gasteiger partial charge in [-0.3, -0.25) is 23.9 Å². The normalized spacial score (nSPS) is 13.6. The number of carbonyl (C=O) groups is 2. The molecule has 1 aromatic rings. The third-order valence-electron chi connectivity index (χ3n) is 3.88. The van der Waals surface area contributed by atoms with Crippen LogP contribution in [0.25, 0.3) is 0 Å². The van der Waals surface area contributed by atoms with Crippen LogP contribution >= 0.6 is 0 Å². The summed E-state index contributed by atoms with van der Waals surface area (Å²) in [5.41, 5.74) is -2.17. The van der Waals surface area contributed by atoms with E-state index in [1.54, 1.807) is 27.7 Å². The quantitative estimate of drug-likeness (QED) is 0.408. The molecule has 174 valence electrons. The zero-order valence-corrected chi connectivity index (χ0v) is 18.8. The Morgan fingerprint density at radius 1 is 1.22 bits per heavy atom. The first-order valence-corrected chi connectivity index (χ1v) is 9.74. The maximum atomic E-state index is 12.3. The lowest BCUT2D eigenvalue weighted by atomic mass is 9.97. The molecule has 0 amide bonds. The third-order valence-corrected chi connectivity index (χ3v) is 3.88. The highest BCUT2D eigenvalue weighted by molar-refractivity contribution is 5.75. The summed E-state index contributed by atoms with van der Waals surface area (Å²) in [4.78, 5) is 49.4. The van der Waals surface area contributed by atoms with E-state index in [9.17, 15) is 19.2 Å². The molecule has 0 fully saturated rings. The molecular formula is C22H28N2O8. The summed E-state index contributed by atoms with van der Waals surface area (Å²) < 4.78 is 22.9. The smallest absolute Gasteiger partial charge is 0.330 e. The van der Waals surface area contributed by atoms with Crippen LogP contribution in [0.5, 0.6) is 0 Å². The van der Waals surface area contributed by atoms with Gasteiger partial charge in [0.2, 0.25) is 0 Å². The van der Waals surface area contributed by atoms with Crippen molar-refractivity contribution in [2.75, 3.05) is 19.8 Å². The van der Waals surface area contributed by atoms with Gasteiger partial charge in [-0.1, -0.05) is 11.8 Å². The highest BCUT2D eigenvalue weighted by atomic mass is 16.6. The van der Waals surface area contributed by atoms with Gasteiger partial charge in [-0.2, -0.15) is 0 Å². The molecule has 10 nitrogen and oxygen atoms in total.